The zero-order valence-corrected chi connectivity index (χ0v) is 8.47. The molecule has 0 amide bonds. The Morgan fingerprint density at radius 2 is 2.14 bits per heavy atom. The number of rotatable bonds is 1. The van der Waals surface area contributed by atoms with Crippen LogP contribution in [0.2, 0.25) is 0 Å². The molecule has 0 bridgehead atoms. The highest BCUT2D eigenvalue weighted by atomic mass is 32.2. The van der Waals surface area contributed by atoms with Crippen LogP contribution in [-0.2, 0) is 0 Å². The molecule has 0 fully saturated rings. The van der Waals surface area contributed by atoms with Crippen molar-refractivity contribution < 1.29 is 0 Å². The largest absolute Gasteiger partial charge is 0.198 e. The van der Waals surface area contributed by atoms with Crippen LogP contribution in [0, 0.1) is 11.3 Å². The topological polar surface area (TPSA) is 23.8 Å². The Hall–Kier alpha value is -1.46. The van der Waals surface area contributed by atoms with Crippen molar-refractivity contribution in [2.75, 3.05) is 0 Å². The molecule has 0 saturated heterocycles. The Labute approximate surface area is 87.8 Å². The second-order valence-electron chi connectivity index (χ2n) is 3.07. The molecular weight excluding hydrogens is 190 g/mol. The fourth-order valence-corrected chi connectivity index (χ4v) is 2.50. The highest BCUT2D eigenvalue weighted by Gasteiger charge is 2.13. The monoisotopic (exact) mass is 199 g/mol. The van der Waals surface area contributed by atoms with E-state index < -0.39 is 0 Å². The number of hydrogen-bond donors (Lipinski definition) is 0. The molecule has 0 unspecified atom stereocenters. The molecular formula is C12H9NS. The molecule has 2 heteroatoms. The molecule has 14 heavy (non-hydrogen) atoms. The zero-order valence-electron chi connectivity index (χ0n) is 7.66. The first kappa shape index (κ1) is 9.11. The molecule has 2 rings (SSSR count). The number of nitrogens with zero attached hydrogens (tertiary/aromatic N) is 1. The fourth-order valence-electron chi connectivity index (χ4n) is 1.43. The summed E-state index contributed by atoms with van der Waals surface area (Å²) in [5, 5.41) is 8.62. The predicted octanol–water partition coefficient (Wildman–Crippen LogP) is 3.60. The van der Waals surface area contributed by atoms with E-state index >= 15 is 0 Å². The van der Waals surface area contributed by atoms with E-state index in [4.69, 9.17) is 5.26 Å². The van der Waals surface area contributed by atoms with Gasteiger partial charge in [0.05, 0.1) is 12.5 Å². The Bertz CT molecular complexity index is 452. The molecule has 0 saturated carbocycles. The second kappa shape index (κ2) is 3.73. The van der Waals surface area contributed by atoms with Gasteiger partial charge in [-0.1, -0.05) is 36.5 Å². The lowest BCUT2D eigenvalue weighted by atomic mass is 10.1. The average molecular weight is 199 g/mol. The van der Waals surface area contributed by atoms with E-state index in [1.54, 1.807) is 11.8 Å². The number of allylic oxidation sites excluding steroid dienone is 3. The molecule has 0 aromatic heterocycles. The molecule has 68 valence electrons. The summed E-state index contributed by atoms with van der Waals surface area (Å²) in [4.78, 5) is 2.28. The summed E-state index contributed by atoms with van der Waals surface area (Å²) in [6.07, 6.45) is 2.47. The lowest BCUT2D eigenvalue weighted by molar-refractivity contribution is 1.30. The van der Waals surface area contributed by atoms with E-state index in [0.29, 0.717) is 6.42 Å². The van der Waals surface area contributed by atoms with Gasteiger partial charge >= 0.3 is 0 Å². The van der Waals surface area contributed by atoms with Crippen LogP contribution >= 0.6 is 11.8 Å². The molecule has 0 radical (unpaired) electrons. The van der Waals surface area contributed by atoms with Gasteiger partial charge in [0, 0.05) is 9.80 Å². The van der Waals surface area contributed by atoms with Crippen LogP contribution in [0.1, 0.15) is 12.0 Å². The standard InChI is InChI=1S/C12H9NS/c1-9-8-10(6-7-13)14-12-5-3-2-4-11(9)12/h2-5,8H,1,6H2. The van der Waals surface area contributed by atoms with E-state index in [0.717, 1.165) is 10.5 Å². The van der Waals surface area contributed by atoms with E-state index in [1.165, 1.54) is 10.5 Å². The van der Waals surface area contributed by atoms with Crippen molar-refractivity contribution in [2.45, 2.75) is 11.3 Å². The summed E-state index contributed by atoms with van der Waals surface area (Å²) in [6.45, 7) is 3.99. The van der Waals surface area contributed by atoms with Gasteiger partial charge in [-0.25, -0.2) is 0 Å². The lowest BCUT2D eigenvalue weighted by Gasteiger charge is -2.15. The Balaban J connectivity index is 2.39. The normalized spacial score (nSPS) is 14.2. The minimum absolute atomic E-state index is 0.470. The van der Waals surface area contributed by atoms with Crippen LogP contribution in [0.4, 0.5) is 0 Å². The fraction of sp³-hybridized carbons (Fsp3) is 0.0833. The highest BCUT2D eigenvalue weighted by molar-refractivity contribution is 8.03. The maximum Gasteiger partial charge on any atom is 0.0675 e. The van der Waals surface area contributed by atoms with E-state index in [-0.39, 0.29) is 0 Å². The van der Waals surface area contributed by atoms with Crippen molar-refractivity contribution in [3.05, 3.63) is 47.4 Å². The van der Waals surface area contributed by atoms with Gasteiger partial charge in [0.2, 0.25) is 0 Å². The predicted molar refractivity (Wildman–Crippen MR) is 59.6 cm³/mol. The first-order valence-corrected chi connectivity index (χ1v) is 5.16. The van der Waals surface area contributed by atoms with Crippen LogP contribution in [0.15, 0.2) is 46.7 Å². The van der Waals surface area contributed by atoms with Crippen molar-refractivity contribution in [2.24, 2.45) is 0 Å². The third-order valence-electron chi connectivity index (χ3n) is 2.06. The van der Waals surface area contributed by atoms with Crippen LogP contribution < -0.4 is 0 Å². The maximum absolute atomic E-state index is 8.62. The molecule has 1 aromatic carbocycles. The van der Waals surface area contributed by atoms with Gasteiger partial charge < -0.3 is 0 Å². The van der Waals surface area contributed by atoms with Crippen molar-refractivity contribution in [3.8, 4) is 6.07 Å². The summed E-state index contributed by atoms with van der Waals surface area (Å²) >= 11 is 1.66. The van der Waals surface area contributed by atoms with E-state index in [1.807, 2.05) is 18.2 Å². The Kier molecular flexibility index (Phi) is 2.43. The summed E-state index contributed by atoms with van der Waals surface area (Å²) < 4.78 is 0. The SMILES string of the molecule is C=C1C=C(CC#N)Sc2ccccc21. The summed E-state index contributed by atoms with van der Waals surface area (Å²) in [5.74, 6) is 0. The maximum atomic E-state index is 8.62. The average Bonchev–Trinajstić information content (AvgIpc) is 2.18. The molecule has 1 aromatic rings. The molecule has 1 heterocycles. The zero-order chi connectivity index (χ0) is 9.97. The molecule has 0 spiro atoms. The third-order valence-corrected chi connectivity index (χ3v) is 3.16. The summed E-state index contributed by atoms with van der Waals surface area (Å²) in [5.41, 5.74) is 2.18. The highest BCUT2D eigenvalue weighted by Crippen LogP contribution is 2.40. The van der Waals surface area contributed by atoms with Gasteiger partial charge in [-0.05, 0) is 23.3 Å². The molecule has 1 nitrogen and oxygen atoms in total. The second-order valence-corrected chi connectivity index (χ2v) is 4.24. The van der Waals surface area contributed by atoms with Gasteiger partial charge in [0.15, 0.2) is 0 Å². The number of fused-ring (bicyclic) bond motifs is 1. The molecule has 0 N–H and O–H groups in total. The number of benzene rings is 1. The molecule has 1 aliphatic heterocycles. The molecule has 0 aliphatic carbocycles. The van der Waals surface area contributed by atoms with Gasteiger partial charge in [-0.15, -0.1) is 0 Å². The Morgan fingerprint density at radius 3 is 2.93 bits per heavy atom. The van der Waals surface area contributed by atoms with Gasteiger partial charge in [0.25, 0.3) is 0 Å². The van der Waals surface area contributed by atoms with Crippen molar-refractivity contribution in [1.82, 2.24) is 0 Å². The Morgan fingerprint density at radius 1 is 1.36 bits per heavy atom. The van der Waals surface area contributed by atoms with Gasteiger partial charge in [0.1, 0.15) is 0 Å². The van der Waals surface area contributed by atoms with Crippen molar-refractivity contribution in [1.29, 1.82) is 5.26 Å². The first-order valence-electron chi connectivity index (χ1n) is 4.35. The van der Waals surface area contributed by atoms with E-state index in [9.17, 15) is 0 Å². The smallest absolute Gasteiger partial charge is 0.0675 e. The van der Waals surface area contributed by atoms with Crippen LogP contribution in [0.3, 0.4) is 0 Å². The number of thioether (sulfide) groups is 1. The first-order chi connectivity index (χ1) is 6.81. The lowest BCUT2D eigenvalue weighted by Crippen LogP contribution is -1.91. The number of hydrogen-bond acceptors (Lipinski definition) is 2. The third kappa shape index (κ3) is 1.59. The van der Waals surface area contributed by atoms with Crippen LogP contribution in [-0.4, -0.2) is 0 Å². The van der Waals surface area contributed by atoms with Crippen molar-refractivity contribution >= 4 is 17.3 Å². The minimum atomic E-state index is 0.470. The summed E-state index contributed by atoms with van der Waals surface area (Å²) in [7, 11) is 0. The van der Waals surface area contributed by atoms with Crippen molar-refractivity contribution in [3.63, 3.8) is 0 Å². The van der Waals surface area contributed by atoms with Crippen LogP contribution in [0.25, 0.3) is 5.57 Å². The quantitative estimate of drug-likeness (QED) is 0.690. The summed E-state index contributed by atoms with van der Waals surface area (Å²) in [6, 6.07) is 10.3. The van der Waals surface area contributed by atoms with Gasteiger partial charge in [-0.3, -0.25) is 0 Å². The molecule has 0 atom stereocenters. The minimum Gasteiger partial charge on any atom is -0.198 e. The van der Waals surface area contributed by atoms with Gasteiger partial charge in [-0.2, -0.15) is 5.26 Å². The van der Waals surface area contributed by atoms with E-state index in [2.05, 4.69) is 24.8 Å². The number of nitriles is 1. The van der Waals surface area contributed by atoms with Crippen LogP contribution in [0.5, 0.6) is 0 Å². The molecule has 1 aliphatic rings.